The third-order valence-corrected chi connectivity index (χ3v) is 3.90. The molecule has 2 rings (SSSR count). The fourth-order valence-electron chi connectivity index (χ4n) is 2.02. The molecule has 1 heterocycles. The van der Waals surface area contributed by atoms with E-state index in [4.69, 9.17) is 10.5 Å². The number of ether oxygens (including phenoxy) is 1. The van der Waals surface area contributed by atoms with E-state index in [1.807, 2.05) is 18.2 Å². The summed E-state index contributed by atoms with van der Waals surface area (Å²) in [4.78, 5) is 11.8. The lowest BCUT2D eigenvalue weighted by atomic mass is 10.1. The molecule has 0 saturated heterocycles. The number of carbonyl (C=O) groups is 1. The van der Waals surface area contributed by atoms with Crippen LogP contribution in [0.15, 0.2) is 28.9 Å². The number of carbonyl (C=O) groups excluding carboxylic acids is 1. The first-order valence-electron chi connectivity index (χ1n) is 7.35. The molecular formula is C15H20BrN5O2. The standard InChI is InChI=1S/C15H20BrN5O2/c1-23-14-4-3-11(9-12(14)16)5-8-21-10-13(19-20-21)15(22)18-7-2-6-17/h3-4,9-10H,2,5-8,17H2,1H3,(H,18,22). The Morgan fingerprint density at radius 2 is 2.30 bits per heavy atom. The van der Waals surface area contributed by atoms with Crippen LogP contribution in [0.25, 0.3) is 0 Å². The van der Waals surface area contributed by atoms with E-state index in [-0.39, 0.29) is 5.91 Å². The first kappa shape index (κ1) is 17.4. The van der Waals surface area contributed by atoms with Crippen molar-refractivity contribution < 1.29 is 9.53 Å². The van der Waals surface area contributed by atoms with Gasteiger partial charge in [-0.25, -0.2) is 0 Å². The summed E-state index contributed by atoms with van der Waals surface area (Å²) in [7, 11) is 1.63. The summed E-state index contributed by atoms with van der Waals surface area (Å²) in [6, 6.07) is 5.92. The Bertz CT molecular complexity index is 659. The Balaban J connectivity index is 1.89. The predicted octanol–water partition coefficient (Wildman–Crippen LogP) is 1.37. The number of aromatic nitrogens is 3. The largest absolute Gasteiger partial charge is 0.496 e. The first-order valence-corrected chi connectivity index (χ1v) is 8.14. The molecule has 0 fully saturated rings. The number of hydrogen-bond acceptors (Lipinski definition) is 5. The van der Waals surface area contributed by atoms with Gasteiger partial charge in [-0.1, -0.05) is 11.3 Å². The molecule has 23 heavy (non-hydrogen) atoms. The Hall–Kier alpha value is -1.93. The van der Waals surface area contributed by atoms with Gasteiger partial charge in [-0.3, -0.25) is 9.48 Å². The molecule has 0 aliphatic rings. The molecule has 0 radical (unpaired) electrons. The van der Waals surface area contributed by atoms with Crippen LogP contribution >= 0.6 is 15.9 Å². The van der Waals surface area contributed by atoms with Crippen molar-refractivity contribution in [2.24, 2.45) is 5.73 Å². The first-order chi connectivity index (χ1) is 11.1. The third kappa shape index (κ3) is 5.04. The summed E-state index contributed by atoms with van der Waals surface area (Å²) in [5, 5.41) is 10.6. The Labute approximate surface area is 143 Å². The number of nitrogens with one attached hydrogen (secondary N) is 1. The Kier molecular flexibility index (Phi) is 6.54. The summed E-state index contributed by atoms with van der Waals surface area (Å²) in [6.45, 7) is 1.73. The normalized spacial score (nSPS) is 10.6. The van der Waals surface area contributed by atoms with Gasteiger partial charge in [0.05, 0.1) is 17.8 Å². The van der Waals surface area contributed by atoms with Crippen molar-refractivity contribution in [2.75, 3.05) is 20.2 Å². The van der Waals surface area contributed by atoms with Crippen molar-refractivity contribution in [3.63, 3.8) is 0 Å². The summed E-state index contributed by atoms with van der Waals surface area (Å²) < 4.78 is 7.78. The number of aryl methyl sites for hydroxylation is 2. The summed E-state index contributed by atoms with van der Waals surface area (Å²) in [5.41, 5.74) is 6.84. The number of amides is 1. The second-order valence-electron chi connectivity index (χ2n) is 4.98. The van der Waals surface area contributed by atoms with Crippen LogP contribution in [0.3, 0.4) is 0 Å². The minimum Gasteiger partial charge on any atom is -0.496 e. The smallest absolute Gasteiger partial charge is 0.273 e. The third-order valence-electron chi connectivity index (χ3n) is 3.28. The van der Waals surface area contributed by atoms with Gasteiger partial charge in [0, 0.05) is 13.1 Å². The maximum absolute atomic E-state index is 11.8. The molecule has 2 aromatic rings. The van der Waals surface area contributed by atoms with Crippen molar-refractivity contribution in [1.29, 1.82) is 0 Å². The number of benzene rings is 1. The number of halogens is 1. The molecule has 3 N–H and O–H groups in total. The average molecular weight is 382 g/mol. The van der Waals surface area contributed by atoms with E-state index in [0.717, 1.165) is 28.6 Å². The molecule has 7 nitrogen and oxygen atoms in total. The van der Waals surface area contributed by atoms with E-state index in [2.05, 4.69) is 31.6 Å². The van der Waals surface area contributed by atoms with Gasteiger partial charge in [0.1, 0.15) is 5.75 Å². The molecule has 0 bridgehead atoms. The summed E-state index contributed by atoms with van der Waals surface area (Å²) >= 11 is 3.47. The van der Waals surface area contributed by atoms with Crippen LogP contribution in [-0.4, -0.2) is 41.1 Å². The average Bonchev–Trinajstić information content (AvgIpc) is 3.02. The van der Waals surface area contributed by atoms with E-state index in [9.17, 15) is 4.79 Å². The highest BCUT2D eigenvalue weighted by Crippen LogP contribution is 2.25. The highest BCUT2D eigenvalue weighted by atomic mass is 79.9. The van der Waals surface area contributed by atoms with Gasteiger partial charge in [0.2, 0.25) is 0 Å². The van der Waals surface area contributed by atoms with Gasteiger partial charge >= 0.3 is 0 Å². The lowest BCUT2D eigenvalue weighted by Crippen LogP contribution is -2.26. The van der Waals surface area contributed by atoms with Gasteiger partial charge in [0.15, 0.2) is 5.69 Å². The molecule has 1 aromatic carbocycles. The van der Waals surface area contributed by atoms with Gasteiger partial charge < -0.3 is 15.8 Å². The van der Waals surface area contributed by atoms with Gasteiger partial charge in [-0.2, -0.15) is 0 Å². The van der Waals surface area contributed by atoms with Crippen LogP contribution in [0.5, 0.6) is 5.75 Å². The van der Waals surface area contributed by atoms with E-state index < -0.39 is 0 Å². The molecule has 0 aliphatic carbocycles. The maximum Gasteiger partial charge on any atom is 0.273 e. The monoisotopic (exact) mass is 381 g/mol. The molecule has 0 aliphatic heterocycles. The highest BCUT2D eigenvalue weighted by Gasteiger charge is 2.10. The van der Waals surface area contributed by atoms with E-state index in [1.165, 1.54) is 0 Å². The van der Waals surface area contributed by atoms with Gasteiger partial charge in [0.25, 0.3) is 5.91 Å². The quantitative estimate of drug-likeness (QED) is 0.673. The van der Waals surface area contributed by atoms with Crippen LogP contribution in [0.1, 0.15) is 22.5 Å². The fourth-order valence-corrected chi connectivity index (χ4v) is 2.60. The van der Waals surface area contributed by atoms with Crippen molar-refractivity contribution in [3.8, 4) is 5.75 Å². The molecule has 1 amide bonds. The zero-order chi connectivity index (χ0) is 16.7. The van der Waals surface area contributed by atoms with Crippen LogP contribution in [0, 0.1) is 0 Å². The van der Waals surface area contributed by atoms with Gasteiger partial charge in [-0.15, -0.1) is 5.10 Å². The number of hydrogen-bond donors (Lipinski definition) is 2. The predicted molar refractivity (Wildman–Crippen MR) is 90.4 cm³/mol. The molecule has 1 aromatic heterocycles. The van der Waals surface area contributed by atoms with E-state index in [1.54, 1.807) is 18.0 Å². The minimum atomic E-state index is -0.225. The van der Waals surface area contributed by atoms with Crippen LogP contribution < -0.4 is 15.8 Å². The number of nitrogens with two attached hydrogens (primary N) is 1. The number of nitrogens with zero attached hydrogens (tertiary/aromatic N) is 3. The Morgan fingerprint density at radius 3 is 3.00 bits per heavy atom. The molecule has 0 atom stereocenters. The topological polar surface area (TPSA) is 95.1 Å². The van der Waals surface area contributed by atoms with E-state index >= 15 is 0 Å². The summed E-state index contributed by atoms with van der Waals surface area (Å²) in [5.74, 6) is 0.572. The Morgan fingerprint density at radius 1 is 1.48 bits per heavy atom. The second-order valence-corrected chi connectivity index (χ2v) is 5.84. The van der Waals surface area contributed by atoms with Gasteiger partial charge in [-0.05, 0) is 53.0 Å². The lowest BCUT2D eigenvalue weighted by Gasteiger charge is -2.06. The van der Waals surface area contributed by atoms with Crippen LogP contribution in [0.4, 0.5) is 0 Å². The fraction of sp³-hybridized carbons (Fsp3) is 0.400. The second kappa shape index (κ2) is 8.64. The lowest BCUT2D eigenvalue weighted by molar-refractivity contribution is 0.0948. The van der Waals surface area contributed by atoms with Crippen molar-refractivity contribution in [1.82, 2.24) is 20.3 Å². The zero-order valence-electron chi connectivity index (χ0n) is 13.0. The van der Waals surface area contributed by atoms with Crippen LogP contribution in [-0.2, 0) is 13.0 Å². The molecule has 0 unspecified atom stereocenters. The molecule has 0 spiro atoms. The zero-order valence-corrected chi connectivity index (χ0v) is 14.5. The molecule has 8 heteroatoms. The summed E-state index contributed by atoms with van der Waals surface area (Å²) in [6.07, 6.45) is 3.17. The number of rotatable bonds is 8. The van der Waals surface area contributed by atoms with E-state index in [0.29, 0.717) is 25.3 Å². The minimum absolute atomic E-state index is 0.225. The number of methoxy groups -OCH3 is 1. The molecule has 0 saturated carbocycles. The molecule has 124 valence electrons. The molecular weight excluding hydrogens is 362 g/mol. The van der Waals surface area contributed by atoms with Crippen molar-refractivity contribution in [2.45, 2.75) is 19.4 Å². The van der Waals surface area contributed by atoms with Crippen molar-refractivity contribution >= 4 is 21.8 Å². The maximum atomic E-state index is 11.8. The van der Waals surface area contributed by atoms with Crippen LogP contribution in [0.2, 0.25) is 0 Å². The highest BCUT2D eigenvalue weighted by molar-refractivity contribution is 9.10. The van der Waals surface area contributed by atoms with Crippen molar-refractivity contribution in [3.05, 3.63) is 40.1 Å². The SMILES string of the molecule is COc1ccc(CCn2cc(C(=O)NCCCN)nn2)cc1Br.